The molecule has 0 saturated heterocycles. The van der Waals surface area contributed by atoms with E-state index in [-0.39, 0.29) is 11.9 Å². The van der Waals surface area contributed by atoms with Crippen LogP contribution >= 0.6 is 0 Å². The molecule has 0 aliphatic heterocycles. The second kappa shape index (κ2) is 7.97. The predicted molar refractivity (Wildman–Crippen MR) is 103 cm³/mol. The quantitative estimate of drug-likeness (QED) is 0.742. The van der Waals surface area contributed by atoms with Gasteiger partial charge in [0.15, 0.2) is 0 Å². The molecule has 0 aliphatic rings. The standard InChI is InChI=1S/C21H23N3O2/c1-24(2)20(16-8-11-17(26-3)12-9-16)14-22-21(25)19-13-10-15-6-4-5-7-18(15)23-19/h4-13,20H,14H2,1-3H3,(H,22,25)/t20-/m0/s1. The largest absolute Gasteiger partial charge is 0.497 e. The third-order valence-electron chi connectivity index (χ3n) is 4.41. The summed E-state index contributed by atoms with van der Waals surface area (Å²) in [5.41, 5.74) is 2.36. The van der Waals surface area contributed by atoms with Gasteiger partial charge in [-0.1, -0.05) is 36.4 Å². The van der Waals surface area contributed by atoms with Crippen LogP contribution in [-0.2, 0) is 0 Å². The Kier molecular flexibility index (Phi) is 5.49. The molecule has 3 rings (SSSR count). The third-order valence-corrected chi connectivity index (χ3v) is 4.41. The molecule has 1 atom stereocenters. The number of nitrogens with zero attached hydrogens (tertiary/aromatic N) is 2. The van der Waals surface area contributed by atoms with Crippen LogP contribution in [0.5, 0.6) is 5.75 Å². The minimum atomic E-state index is -0.170. The molecule has 5 heteroatoms. The highest BCUT2D eigenvalue weighted by Crippen LogP contribution is 2.21. The molecule has 0 fully saturated rings. The van der Waals surface area contributed by atoms with Crippen LogP contribution in [0.4, 0.5) is 0 Å². The maximum atomic E-state index is 12.5. The van der Waals surface area contributed by atoms with Gasteiger partial charge >= 0.3 is 0 Å². The van der Waals surface area contributed by atoms with Gasteiger partial charge in [-0.3, -0.25) is 4.79 Å². The summed E-state index contributed by atoms with van der Waals surface area (Å²) in [6.45, 7) is 0.493. The van der Waals surface area contributed by atoms with Crippen molar-refractivity contribution in [2.45, 2.75) is 6.04 Å². The number of hydrogen-bond donors (Lipinski definition) is 1. The SMILES string of the molecule is COc1ccc([C@H](CNC(=O)c2ccc3ccccc3n2)N(C)C)cc1. The van der Waals surface area contributed by atoms with E-state index in [0.717, 1.165) is 22.2 Å². The molecule has 3 aromatic rings. The lowest BCUT2D eigenvalue weighted by molar-refractivity contribution is 0.0937. The molecule has 1 aromatic heterocycles. The van der Waals surface area contributed by atoms with Gasteiger partial charge in [-0.25, -0.2) is 4.98 Å². The minimum absolute atomic E-state index is 0.0605. The van der Waals surface area contributed by atoms with Crippen LogP contribution in [0, 0.1) is 0 Å². The van der Waals surface area contributed by atoms with Gasteiger partial charge in [-0.15, -0.1) is 0 Å². The van der Waals surface area contributed by atoms with Crippen LogP contribution < -0.4 is 10.1 Å². The van der Waals surface area contributed by atoms with Gasteiger partial charge in [-0.05, 0) is 43.9 Å². The van der Waals surface area contributed by atoms with Gasteiger partial charge in [0.2, 0.25) is 0 Å². The fourth-order valence-corrected chi connectivity index (χ4v) is 2.90. The number of methoxy groups -OCH3 is 1. The summed E-state index contributed by atoms with van der Waals surface area (Å²) in [4.78, 5) is 19.1. The number of rotatable bonds is 6. The highest BCUT2D eigenvalue weighted by atomic mass is 16.5. The number of carbonyl (C=O) groups is 1. The number of nitrogens with one attached hydrogen (secondary N) is 1. The number of amides is 1. The predicted octanol–water partition coefficient (Wildman–Crippen LogP) is 3.28. The molecule has 134 valence electrons. The first kappa shape index (κ1) is 17.9. The van der Waals surface area contributed by atoms with Crippen LogP contribution in [0.1, 0.15) is 22.1 Å². The molecule has 0 unspecified atom stereocenters. The molecular formula is C21H23N3O2. The number of ether oxygens (including phenoxy) is 1. The summed E-state index contributed by atoms with van der Waals surface area (Å²) in [5, 5.41) is 4.02. The van der Waals surface area contributed by atoms with Crippen molar-refractivity contribution in [3.05, 3.63) is 71.9 Å². The van der Waals surface area contributed by atoms with Crippen LogP contribution in [0.2, 0.25) is 0 Å². The van der Waals surface area contributed by atoms with E-state index in [2.05, 4.69) is 15.2 Å². The van der Waals surface area contributed by atoms with E-state index in [9.17, 15) is 4.79 Å². The summed E-state index contributed by atoms with van der Waals surface area (Å²) < 4.78 is 5.21. The van der Waals surface area contributed by atoms with E-state index in [1.54, 1.807) is 13.2 Å². The lowest BCUT2D eigenvalue weighted by Gasteiger charge is -2.25. The highest BCUT2D eigenvalue weighted by Gasteiger charge is 2.16. The Morgan fingerprint density at radius 3 is 2.50 bits per heavy atom. The number of hydrogen-bond acceptors (Lipinski definition) is 4. The van der Waals surface area contributed by atoms with Crippen LogP contribution in [0.15, 0.2) is 60.7 Å². The van der Waals surface area contributed by atoms with E-state index in [0.29, 0.717) is 12.2 Å². The normalized spacial score (nSPS) is 12.2. The second-order valence-electron chi connectivity index (χ2n) is 6.35. The Morgan fingerprint density at radius 1 is 1.08 bits per heavy atom. The Hall–Kier alpha value is -2.92. The fourth-order valence-electron chi connectivity index (χ4n) is 2.90. The second-order valence-corrected chi connectivity index (χ2v) is 6.35. The minimum Gasteiger partial charge on any atom is -0.497 e. The Balaban J connectivity index is 1.72. The monoisotopic (exact) mass is 349 g/mol. The van der Waals surface area contributed by atoms with Gasteiger partial charge in [0.05, 0.1) is 18.7 Å². The van der Waals surface area contributed by atoms with E-state index in [1.807, 2.05) is 68.7 Å². The van der Waals surface area contributed by atoms with E-state index < -0.39 is 0 Å². The number of benzene rings is 2. The zero-order valence-electron chi connectivity index (χ0n) is 15.3. The lowest BCUT2D eigenvalue weighted by Crippen LogP contribution is -2.34. The molecule has 0 aliphatic carbocycles. The first-order chi connectivity index (χ1) is 12.6. The Morgan fingerprint density at radius 2 is 1.81 bits per heavy atom. The van der Waals surface area contributed by atoms with E-state index in [4.69, 9.17) is 4.74 Å². The highest BCUT2D eigenvalue weighted by molar-refractivity contribution is 5.94. The maximum absolute atomic E-state index is 12.5. The fraction of sp³-hybridized carbons (Fsp3) is 0.238. The van der Waals surface area contributed by atoms with Crippen LogP contribution in [0.3, 0.4) is 0 Å². The third kappa shape index (κ3) is 4.00. The first-order valence-corrected chi connectivity index (χ1v) is 8.53. The molecule has 5 nitrogen and oxygen atoms in total. The van der Waals surface area contributed by atoms with Crippen molar-refractivity contribution in [1.29, 1.82) is 0 Å². The lowest BCUT2D eigenvalue weighted by atomic mass is 10.1. The molecule has 0 spiro atoms. The van der Waals surface area contributed by atoms with Crippen molar-refractivity contribution in [3.63, 3.8) is 0 Å². The molecule has 1 heterocycles. The van der Waals surface area contributed by atoms with Gasteiger partial charge in [0.25, 0.3) is 5.91 Å². The summed E-state index contributed by atoms with van der Waals surface area (Å²) in [7, 11) is 5.64. The van der Waals surface area contributed by atoms with Gasteiger partial charge in [-0.2, -0.15) is 0 Å². The van der Waals surface area contributed by atoms with E-state index >= 15 is 0 Å². The molecular weight excluding hydrogens is 326 g/mol. The molecule has 26 heavy (non-hydrogen) atoms. The molecule has 1 N–H and O–H groups in total. The number of para-hydroxylation sites is 1. The first-order valence-electron chi connectivity index (χ1n) is 8.53. The number of aromatic nitrogens is 1. The molecule has 0 radical (unpaired) electrons. The average Bonchev–Trinajstić information content (AvgIpc) is 2.67. The van der Waals surface area contributed by atoms with Crippen LogP contribution in [0.25, 0.3) is 10.9 Å². The summed E-state index contributed by atoms with van der Waals surface area (Å²) in [6, 6.07) is 19.4. The number of carbonyl (C=O) groups excluding carboxylic acids is 1. The van der Waals surface area contributed by atoms with Crippen molar-refractivity contribution >= 4 is 16.8 Å². The van der Waals surface area contributed by atoms with E-state index in [1.165, 1.54) is 0 Å². The van der Waals surface area contributed by atoms with Crippen molar-refractivity contribution in [2.75, 3.05) is 27.7 Å². The molecule has 0 bridgehead atoms. The molecule has 0 saturated carbocycles. The molecule has 1 amide bonds. The zero-order chi connectivity index (χ0) is 18.5. The van der Waals surface area contributed by atoms with Crippen molar-refractivity contribution in [3.8, 4) is 5.75 Å². The smallest absolute Gasteiger partial charge is 0.269 e. The summed E-state index contributed by atoms with van der Waals surface area (Å²) in [5.74, 6) is 0.645. The van der Waals surface area contributed by atoms with Crippen LogP contribution in [-0.4, -0.2) is 43.5 Å². The van der Waals surface area contributed by atoms with Crippen molar-refractivity contribution < 1.29 is 9.53 Å². The van der Waals surface area contributed by atoms with Crippen molar-refractivity contribution in [1.82, 2.24) is 15.2 Å². The number of pyridine rings is 1. The van der Waals surface area contributed by atoms with Crippen molar-refractivity contribution in [2.24, 2.45) is 0 Å². The zero-order valence-corrected chi connectivity index (χ0v) is 15.3. The van der Waals surface area contributed by atoms with Gasteiger partial charge < -0.3 is 15.0 Å². The summed E-state index contributed by atoms with van der Waals surface area (Å²) in [6.07, 6.45) is 0. The number of likely N-dealkylation sites (N-methyl/N-ethyl adjacent to an activating group) is 1. The maximum Gasteiger partial charge on any atom is 0.269 e. The Bertz CT molecular complexity index is 891. The van der Waals surface area contributed by atoms with Gasteiger partial charge in [0.1, 0.15) is 11.4 Å². The van der Waals surface area contributed by atoms with Gasteiger partial charge in [0, 0.05) is 11.9 Å². The summed E-state index contributed by atoms with van der Waals surface area (Å²) >= 11 is 0. The Labute approximate surface area is 153 Å². The number of fused-ring (bicyclic) bond motifs is 1. The average molecular weight is 349 g/mol. The topological polar surface area (TPSA) is 54.5 Å². The molecule has 2 aromatic carbocycles.